The van der Waals surface area contributed by atoms with Crippen LogP contribution < -0.4 is 11.4 Å². The Balaban J connectivity index is 1.20. The minimum absolute atomic E-state index is 0.132. The van der Waals surface area contributed by atoms with E-state index in [0.29, 0.717) is 17.5 Å². The monoisotopic (exact) mass is 410 g/mol. The lowest BCUT2D eigenvalue weighted by Crippen LogP contribution is -2.52. The van der Waals surface area contributed by atoms with Gasteiger partial charge in [0.25, 0.3) is 0 Å². The molecule has 0 radical (unpaired) electrons. The van der Waals surface area contributed by atoms with E-state index >= 15 is 0 Å². The molecule has 7 aliphatic rings. The van der Waals surface area contributed by atoms with Crippen LogP contribution in [0.2, 0.25) is 0 Å². The van der Waals surface area contributed by atoms with E-state index in [1.54, 1.807) is 0 Å². The first kappa shape index (κ1) is 15.9. The molecule has 0 amide bonds. The van der Waals surface area contributed by atoms with Crippen molar-refractivity contribution in [1.82, 2.24) is 18.8 Å². The van der Waals surface area contributed by atoms with E-state index in [1.807, 2.05) is 39.7 Å². The zero-order valence-corrected chi connectivity index (χ0v) is 17.0. The van der Waals surface area contributed by atoms with Crippen molar-refractivity contribution in [2.24, 2.45) is 34.5 Å². The van der Waals surface area contributed by atoms with Crippen LogP contribution in [-0.4, -0.2) is 31.9 Å². The van der Waals surface area contributed by atoms with Crippen LogP contribution in [0.5, 0.6) is 0 Å². The molecule has 10 rings (SSSR count). The van der Waals surface area contributed by atoms with Gasteiger partial charge in [0.1, 0.15) is 0 Å². The molecule has 6 heteroatoms. The summed E-state index contributed by atoms with van der Waals surface area (Å²) in [6, 6.07) is 20.5. The number of benzene rings is 2. The third kappa shape index (κ3) is 1.36. The second-order valence-electron chi connectivity index (χ2n) is 10.7. The molecule has 4 saturated carbocycles. The van der Waals surface area contributed by atoms with Crippen molar-refractivity contribution < 1.29 is 0 Å². The van der Waals surface area contributed by atoms with E-state index in [2.05, 4.69) is 35.2 Å². The molecule has 31 heavy (non-hydrogen) atoms. The van der Waals surface area contributed by atoms with Crippen LogP contribution >= 0.6 is 0 Å². The van der Waals surface area contributed by atoms with Crippen molar-refractivity contribution in [3.63, 3.8) is 0 Å². The summed E-state index contributed by atoms with van der Waals surface area (Å²) >= 11 is 0. The molecule has 4 heterocycles. The summed E-state index contributed by atoms with van der Waals surface area (Å²) in [5.41, 5.74) is 2.21. The number of piperidine rings is 1. The maximum absolute atomic E-state index is 13.6. The van der Waals surface area contributed by atoms with Crippen LogP contribution in [0.1, 0.15) is 17.6 Å². The van der Waals surface area contributed by atoms with Gasteiger partial charge in [-0.1, -0.05) is 48.5 Å². The predicted molar refractivity (Wildman–Crippen MR) is 113 cm³/mol. The lowest BCUT2D eigenvalue weighted by atomic mass is 9.73. The molecule has 6 atom stereocenters. The molecule has 6 unspecified atom stereocenters. The zero-order chi connectivity index (χ0) is 20.3. The molecule has 154 valence electrons. The molecule has 4 aliphatic carbocycles. The van der Waals surface area contributed by atoms with Gasteiger partial charge in [-0.15, -0.1) is 0 Å². The zero-order valence-electron chi connectivity index (χ0n) is 17.0. The van der Waals surface area contributed by atoms with Gasteiger partial charge in [-0.2, -0.15) is 0 Å². The Labute approximate surface area is 178 Å². The van der Waals surface area contributed by atoms with E-state index in [0.717, 1.165) is 31.5 Å². The van der Waals surface area contributed by atoms with Crippen molar-refractivity contribution in [3.8, 4) is 5.69 Å². The van der Waals surface area contributed by atoms with Gasteiger partial charge in [-0.25, -0.2) is 23.5 Å². The number of aromatic nitrogens is 3. The Morgan fingerprint density at radius 1 is 0.742 bits per heavy atom. The Morgan fingerprint density at radius 3 is 1.87 bits per heavy atom. The highest BCUT2D eigenvalue weighted by Gasteiger charge is 3.04. The van der Waals surface area contributed by atoms with Crippen molar-refractivity contribution in [2.75, 3.05) is 13.1 Å². The van der Waals surface area contributed by atoms with E-state index < -0.39 is 0 Å². The number of hydrogen-bond acceptors (Lipinski definition) is 3. The number of likely N-dealkylation sites (tertiary alicyclic amines) is 1. The fourth-order valence-electron chi connectivity index (χ4n) is 9.61. The minimum Gasteiger partial charge on any atom is -0.298 e. The third-order valence-corrected chi connectivity index (χ3v) is 10.0. The van der Waals surface area contributed by atoms with E-state index in [-0.39, 0.29) is 34.3 Å². The Morgan fingerprint density at radius 2 is 1.29 bits per heavy atom. The highest BCUT2D eigenvalue weighted by atomic mass is 16.2. The molecular formula is C25H22N4O2. The summed E-state index contributed by atoms with van der Waals surface area (Å²) in [7, 11) is 0. The van der Waals surface area contributed by atoms with Crippen molar-refractivity contribution in [3.05, 3.63) is 87.2 Å². The quantitative estimate of drug-likeness (QED) is 0.663. The van der Waals surface area contributed by atoms with Crippen molar-refractivity contribution in [2.45, 2.75) is 18.6 Å². The first-order chi connectivity index (χ1) is 15.2. The number of hydrogen-bond donors (Lipinski definition) is 0. The number of para-hydroxylation sites is 1. The van der Waals surface area contributed by atoms with Crippen LogP contribution in [0.15, 0.2) is 70.3 Å². The highest BCUT2D eigenvalue weighted by molar-refractivity contribution is 5.51. The molecule has 3 aliphatic heterocycles. The lowest BCUT2D eigenvalue weighted by Gasteiger charge is -2.45. The normalized spacial score (nSPS) is 43.7. The van der Waals surface area contributed by atoms with Crippen LogP contribution in [0, 0.1) is 34.5 Å². The molecule has 2 spiro atoms. The van der Waals surface area contributed by atoms with Gasteiger partial charge < -0.3 is 0 Å². The van der Waals surface area contributed by atoms with Crippen LogP contribution in [0.4, 0.5) is 0 Å². The van der Waals surface area contributed by atoms with E-state index in [1.165, 1.54) is 10.1 Å². The topological polar surface area (TPSA) is 52.2 Å². The maximum Gasteiger partial charge on any atom is 0.352 e. The summed E-state index contributed by atoms with van der Waals surface area (Å²) in [6.45, 7) is 3.11. The van der Waals surface area contributed by atoms with Gasteiger partial charge in [0.2, 0.25) is 0 Å². The van der Waals surface area contributed by atoms with Crippen molar-refractivity contribution >= 4 is 0 Å². The highest BCUT2D eigenvalue weighted by Crippen LogP contribution is 3.03. The predicted octanol–water partition coefficient (Wildman–Crippen LogP) is 1.90. The summed E-state index contributed by atoms with van der Waals surface area (Å²) in [5.74, 6) is 2.73. The standard InChI is InChI=1S/C25H22N4O2/c30-22-27(15-9-5-2-6-10-15)23(31)29-21-18-16-17(18)20(28(22)29)24-12-26(13-25(21,24)19(16)24)11-14-7-3-1-4-8-14/h1-10,16-21H,11-13H2. The number of nitrogens with zero attached hydrogens (tertiary/aromatic N) is 4. The lowest BCUT2D eigenvalue weighted by molar-refractivity contribution is 0.0280. The second kappa shape index (κ2) is 4.51. The van der Waals surface area contributed by atoms with Gasteiger partial charge in [-0.05, 0) is 41.4 Å². The summed E-state index contributed by atoms with van der Waals surface area (Å²) in [6.07, 6.45) is 0. The second-order valence-corrected chi connectivity index (χ2v) is 10.7. The molecule has 1 aromatic heterocycles. The van der Waals surface area contributed by atoms with Crippen LogP contribution in [-0.2, 0) is 6.54 Å². The first-order valence-electron chi connectivity index (χ1n) is 11.5. The molecule has 0 N–H and O–H groups in total. The first-order valence-corrected chi connectivity index (χ1v) is 11.5. The Kier molecular flexibility index (Phi) is 2.31. The summed E-state index contributed by atoms with van der Waals surface area (Å²) in [5, 5.41) is 0. The van der Waals surface area contributed by atoms with Crippen LogP contribution in [0.25, 0.3) is 5.69 Å². The minimum atomic E-state index is -0.132. The third-order valence-electron chi connectivity index (χ3n) is 10.0. The average molecular weight is 410 g/mol. The van der Waals surface area contributed by atoms with Gasteiger partial charge in [0.15, 0.2) is 0 Å². The summed E-state index contributed by atoms with van der Waals surface area (Å²) in [4.78, 5) is 29.8. The largest absolute Gasteiger partial charge is 0.352 e. The fourth-order valence-corrected chi connectivity index (χ4v) is 9.61. The SMILES string of the molecule is O=c1n(-c2ccccc2)c(=O)n2n1C1C3C4C3C3C15CN(Cc1ccccc1)CC35C42. The maximum atomic E-state index is 13.6. The molecule has 2 bridgehead atoms. The molecule has 3 aromatic rings. The van der Waals surface area contributed by atoms with E-state index in [9.17, 15) is 9.59 Å². The smallest absolute Gasteiger partial charge is 0.298 e. The summed E-state index contributed by atoms with van der Waals surface area (Å²) < 4.78 is 5.24. The fraction of sp³-hybridized carbons (Fsp3) is 0.440. The van der Waals surface area contributed by atoms with Gasteiger partial charge >= 0.3 is 11.4 Å². The average Bonchev–Trinajstić information content (AvgIpc) is 3.40. The Bertz CT molecular complexity index is 1360. The van der Waals surface area contributed by atoms with Crippen molar-refractivity contribution in [1.29, 1.82) is 0 Å². The molecule has 1 saturated heterocycles. The van der Waals surface area contributed by atoms with Gasteiger partial charge in [0.05, 0.1) is 17.8 Å². The molecule has 2 aromatic carbocycles. The van der Waals surface area contributed by atoms with Crippen LogP contribution in [0.3, 0.4) is 0 Å². The molecular weight excluding hydrogens is 388 g/mol. The Hall–Kier alpha value is -2.86. The number of rotatable bonds is 3. The van der Waals surface area contributed by atoms with Gasteiger partial charge in [0, 0.05) is 30.5 Å². The molecule has 6 nitrogen and oxygen atoms in total. The van der Waals surface area contributed by atoms with Gasteiger partial charge in [-0.3, -0.25) is 4.90 Å². The van der Waals surface area contributed by atoms with E-state index in [4.69, 9.17) is 0 Å². The molecule has 5 fully saturated rings.